The van der Waals surface area contributed by atoms with Crippen LogP contribution < -0.4 is 5.73 Å². The zero-order chi connectivity index (χ0) is 19.8. The van der Waals surface area contributed by atoms with Gasteiger partial charge >= 0.3 is 11.9 Å². The minimum atomic E-state index is -4.51. The normalized spacial score (nSPS) is 24.1. The highest BCUT2D eigenvalue weighted by Gasteiger charge is 2.58. The van der Waals surface area contributed by atoms with Gasteiger partial charge in [0.2, 0.25) is 5.82 Å². The first-order chi connectivity index (χ1) is 12.6. The van der Waals surface area contributed by atoms with Crippen molar-refractivity contribution in [1.82, 2.24) is 24.8 Å². The van der Waals surface area contributed by atoms with Crippen molar-refractivity contribution in [1.29, 1.82) is 0 Å². The van der Waals surface area contributed by atoms with Gasteiger partial charge in [-0.25, -0.2) is 15.0 Å². The van der Waals surface area contributed by atoms with E-state index >= 15 is 0 Å². The van der Waals surface area contributed by atoms with Crippen molar-refractivity contribution in [3.05, 3.63) is 40.4 Å². The smallest absolute Gasteiger partial charge is 0.378 e. The van der Waals surface area contributed by atoms with Crippen molar-refractivity contribution in [3.8, 4) is 0 Å². The Morgan fingerprint density at radius 2 is 2.22 bits per heavy atom. The number of halogens is 3. The average Bonchev–Trinajstić information content (AvgIpc) is 3.09. The summed E-state index contributed by atoms with van der Waals surface area (Å²) in [6.07, 6.45) is -1.50. The number of nitro groups is 1. The molecular formula is C15H18F3N7O2. The van der Waals surface area contributed by atoms with Crippen LogP contribution in [-0.4, -0.2) is 49.5 Å². The first-order valence-electron chi connectivity index (χ1n) is 8.15. The van der Waals surface area contributed by atoms with E-state index in [-0.39, 0.29) is 25.2 Å². The summed E-state index contributed by atoms with van der Waals surface area (Å²) in [5.74, 6) is -0.161. The molecule has 27 heavy (non-hydrogen) atoms. The maximum absolute atomic E-state index is 14.1. The highest BCUT2D eigenvalue weighted by atomic mass is 19.4. The maximum Gasteiger partial charge on any atom is 0.395 e. The topological polar surface area (TPSA) is 127 Å². The number of imidazole rings is 1. The first-order valence-corrected chi connectivity index (χ1v) is 8.15. The van der Waals surface area contributed by atoms with Gasteiger partial charge < -0.3 is 10.7 Å². The van der Waals surface area contributed by atoms with Crippen LogP contribution in [0.15, 0.2) is 18.6 Å². The molecule has 3 heterocycles. The van der Waals surface area contributed by atoms with E-state index < -0.39 is 40.5 Å². The summed E-state index contributed by atoms with van der Waals surface area (Å²) < 4.78 is 42.3. The molecule has 12 heteroatoms. The van der Waals surface area contributed by atoms with Crippen LogP contribution in [0, 0.1) is 15.5 Å². The van der Waals surface area contributed by atoms with Crippen LogP contribution >= 0.6 is 0 Å². The van der Waals surface area contributed by atoms with Crippen LogP contribution in [0.25, 0.3) is 0 Å². The molecule has 9 nitrogen and oxygen atoms in total. The summed E-state index contributed by atoms with van der Waals surface area (Å²) in [6.45, 7) is 0.202. The number of rotatable bonds is 4. The largest absolute Gasteiger partial charge is 0.395 e. The molecule has 0 spiro atoms. The van der Waals surface area contributed by atoms with Crippen LogP contribution in [0.3, 0.4) is 0 Å². The van der Waals surface area contributed by atoms with Gasteiger partial charge in [0.05, 0.1) is 16.4 Å². The van der Waals surface area contributed by atoms with Crippen LogP contribution in [-0.2, 0) is 6.42 Å². The second-order valence-corrected chi connectivity index (χ2v) is 6.69. The number of H-pyrrole nitrogens is 1. The molecule has 0 aromatic carbocycles. The van der Waals surface area contributed by atoms with E-state index in [9.17, 15) is 23.3 Å². The molecule has 3 rings (SSSR count). The minimum Gasteiger partial charge on any atom is -0.378 e. The van der Waals surface area contributed by atoms with E-state index in [2.05, 4.69) is 19.9 Å². The summed E-state index contributed by atoms with van der Waals surface area (Å²) in [5.41, 5.74) is 2.89. The number of aromatic nitrogens is 4. The van der Waals surface area contributed by atoms with E-state index in [0.717, 1.165) is 6.20 Å². The molecule has 146 valence electrons. The van der Waals surface area contributed by atoms with E-state index in [1.807, 2.05) is 4.90 Å². The molecule has 2 unspecified atom stereocenters. The van der Waals surface area contributed by atoms with Gasteiger partial charge in [0.15, 0.2) is 0 Å². The Hall–Kier alpha value is -2.76. The molecule has 2 atom stereocenters. The molecule has 1 saturated heterocycles. The van der Waals surface area contributed by atoms with Gasteiger partial charge in [-0.15, -0.1) is 0 Å². The average molecular weight is 385 g/mol. The highest BCUT2D eigenvalue weighted by molar-refractivity contribution is 5.50. The zero-order valence-corrected chi connectivity index (χ0v) is 14.4. The fourth-order valence-corrected chi connectivity index (χ4v) is 3.41. The third kappa shape index (κ3) is 3.56. The fraction of sp³-hybridized carbons (Fsp3) is 0.533. The summed E-state index contributed by atoms with van der Waals surface area (Å²) in [6, 6.07) is -0.550. The SMILES string of the molecule is CN1CCC(Cc2ncc([N+](=O)[O-])c(N)n2)(C(F)(F)F)CC1c1ncc[nH]1. The Bertz CT molecular complexity index is 827. The zero-order valence-electron chi connectivity index (χ0n) is 14.4. The number of piperidine rings is 1. The standard InChI is InChI=1S/C15H18F3N7O2/c1-24-5-2-14(15(16,17)18,6-9(24)13-20-3-4-21-13)7-11-22-8-10(25(26)27)12(19)23-11/h3-4,8-9H,2,5-7H2,1H3,(H,20,21)(H2,19,22,23). The van der Waals surface area contributed by atoms with Gasteiger partial charge in [0.25, 0.3) is 0 Å². The lowest BCUT2D eigenvalue weighted by Crippen LogP contribution is -2.50. The monoisotopic (exact) mass is 385 g/mol. The number of nitrogen functional groups attached to an aromatic ring is 1. The highest BCUT2D eigenvalue weighted by Crippen LogP contribution is 2.52. The Morgan fingerprint density at radius 1 is 1.48 bits per heavy atom. The van der Waals surface area contributed by atoms with Gasteiger partial charge in [-0.3, -0.25) is 15.0 Å². The number of nitrogens with two attached hydrogens (primary N) is 1. The van der Waals surface area contributed by atoms with Gasteiger partial charge in [0, 0.05) is 18.8 Å². The molecule has 3 N–H and O–H groups in total. The molecular weight excluding hydrogens is 367 g/mol. The number of aromatic amines is 1. The second-order valence-electron chi connectivity index (χ2n) is 6.69. The molecule has 0 bridgehead atoms. The molecule has 0 amide bonds. The maximum atomic E-state index is 14.1. The van der Waals surface area contributed by atoms with Gasteiger partial charge in [-0.2, -0.15) is 13.2 Å². The lowest BCUT2D eigenvalue weighted by Gasteiger charge is -2.45. The lowest BCUT2D eigenvalue weighted by atomic mass is 9.71. The Balaban J connectivity index is 1.94. The molecule has 0 saturated carbocycles. The van der Waals surface area contributed by atoms with Crippen molar-refractivity contribution >= 4 is 11.5 Å². The number of likely N-dealkylation sites (tertiary alicyclic amines) is 1. The quantitative estimate of drug-likeness (QED) is 0.610. The van der Waals surface area contributed by atoms with E-state index in [0.29, 0.717) is 5.82 Å². The fourth-order valence-electron chi connectivity index (χ4n) is 3.41. The molecule has 0 aliphatic carbocycles. The number of alkyl halides is 3. The van der Waals surface area contributed by atoms with Crippen LogP contribution in [0.5, 0.6) is 0 Å². The predicted molar refractivity (Wildman–Crippen MR) is 88.5 cm³/mol. The summed E-state index contributed by atoms with van der Waals surface area (Å²) in [5, 5.41) is 10.8. The molecule has 2 aromatic rings. The predicted octanol–water partition coefficient (Wildman–Crippen LogP) is 2.25. The van der Waals surface area contributed by atoms with Gasteiger partial charge in [-0.05, 0) is 26.4 Å². The second kappa shape index (κ2) is 6.76. The Kier molecular flexibility index (Phi) is 4.76. The first kappa shape index (κ1) is 19.0. The summed E-state index contributed by atoms with van der Waals surface area (Å²) in [7, 11) is 1.74. The molecule has 1 aliphatic heterocycles. The molecule has 2 aromatic heterocycles. The third-order valence-corrected chi connectivity index (χ3v) is 5.04. The molecule has 1 fully saturated rings. The Morgan fingerprint density at radius 3 is 2.78 bits per heavy atom. The van der Waals surface area contributed by atoms with Crippen molar-refractivity contribution in [2.45, 2.75) is 31.5 Å². The number of anilines is 1. The number of nitrogens with one attached hydrogen (secondary N) is 1. The number of hydrogen-bond acceptors (Lipinski definition) is 7. The van der Waals surface area contributed by atoms with E-state index in [4.69, 9.17) is 5.73 Å². The number of nitrogens with zero attached hydrogens (tertiary/aromatic N) is 5. The van der Waals surface area contributed by atoms with E-state index in [1.165, 1.54) is 6.20 Å². The third-order valence-electron chi connectivity index (χ3n) is 5.04. The lowest BCUT2D eigenvalue weighted by molar-refractivity contribution is -0.384. The summed E-state index contributed by atoms with van der Waals surface area (Å²) in [4.78, 5) is 26.3. The molecule has 1 aliphatic rings. The molecule has 0 radical (unpaired) electrons. The van der Waals surface area contributed by atoms with Crippen molar-refractivity contribution in [3.63, 3.8) is 0 Å². The van der Waals surface area contributed by atoms with Crippen molar-refractivity contribution in [2.75, 3.05) is 19.3 Å². The van der Waals surface area contributed by atoms with Crippen molar-refractivity contribution in [2.24, 2.45) is 5.41 Å². The van der Waals surface area contributed by atoms with Crippen LogP contribution in [0.1, 0.15) is 30.5 Å². The van der Waals surface area contributed by atoms with Gasteiger partial charge in [0.1, 0.15) is 17.8 Å². The van der Waals surface area contributed by atoms with E-state index in [1.54, 1.807) is 13.2 Å². The summed E-state index contributed by atoms with van der Waals surface area (Å²) >= 11 is 0. The van der Waals surface area contributed by atoms with Crippen molar-refractivity contribution < 1.29 is 18.1 Å². The van der Waals surface area contributed by atoms with Crippen LogP contribution in [0.2, 0.25) is 0 Å². The number of hydrogen-bond donors (Lipinski definition) is 2. The van der Waals surface area contributed by atoms with Crippen LogP contribution in [0.4, 0.5) is 24.7 Å². The van der Waals surface area contributed by atoms with Gasteiger partial charge in [-0.1, -0.05) is 0 Å². The minimum absolute atomic E-state index is 0.148. The Labute approximate surface area is 152 Å².